The van der Waals surface area contributed by atoms with Crippen molar-refractivity contribution >= 4 is 29.9 Å². The van der Waals surface area contributed by atoms with Crippen LogP contribution in [0.2, 0.25) is 0 Å². The molecular formula is C21H35IN4O. The van der Waals surface area contributed by atoms with E-state index in [4.69, 9.17) is 4.74 Å². The Morgan fingerprint density at radius 3 is 2.48 bits per heavy atom. The van der Waals surface area contributed by atoms with E-state index in [1.807, 2.05) is 13.1 Å². The molecule has 2 unspecified atom stereocenters. The van der Waals surface area contributed by atoms with Gasteiger partial charge in [0.25, 0.3) is 0 Å². The van der Waals surface area contributed by atoms with Crippen LogP contribution in [0.15, 0.2) is 29.3 Å². The van der Waals surface area contributed by atoms with Crippen molar-refractivity contribution < 1.29 is 4.74 Å². The number of rotatable bonds is 6. The van der Waals surface area contributed by atoms with Crippen molar-refractivity contribution in [2.24, 2.45) is 16.8 Å². The maximum atomic E-state index is 5.98. The summed E-state index contributed by atoms with van der Waals surface area (Å²) in [6.07, 6.45) is 5.58. The van der Waals surface area contributed by atoms with Crippen molar-refractivity contribution in [2.45, 2.75) is 32.2 Å². The Bertz CT molecular complexity index is 594. The Balaban J connectivity index is 0.00000261. The van der Waals surface area contributed by atoms with E-state index < -0.39 is 0 Å². The molecule has 1 aliphatic carbocycles. The first kappa shape index (κ1) is 22.3. The molecule has 0 radical (unpaired) electrons. The number of nitrogens with zero attached hydrogens (tertiary/aromatic N) is 3. The van der Waals surface area contributed by atoms with Gasteiger partial charge in [-0.1, -0.05) is 31.0 Å². The Labute approximate surface area is 181 Å². The first-order chi connectivity index (χ1) is 12.7. The third-order valence-electron chi connectivity index (χ3n) is 5.69. The second kappa shape index (κ2) is 11.1. The molecule has 0 amide bonds. The number of guanidine groups is 1. The van der Waals surface area contributed by atoms with Gasteiger partial charge in [-0.15, -0.1) is 24.0 Å². The summed E-state index contributed by atoms with van der Waals surface area (Å²) in [6.45, 7) is 4.68. The summed E-state index contributed by atoms with van der Waals surface area (Å²) in [7, 11) is 6.02. The van der Waals surface area contributed by atoms with Crippen molar-refractivity contribution in [3.05, 3.63) is 29.8 Å². The highest BCUT2D eigenvalue weighted by atomic mass is 127. The Kier molecular flexibility index (Phi) is 9.15. The molecule has 0 aromatic heterocycles. The Morgan fingerprint density at radius 2 is 1.85 bits per heavy atom. The lowest BCUT2D eigenvalue weighted by Crippen LogP contribution is -2.40. The fourth-order valence-electron chi connectivity index (χ4n) is 4.21. The van der Waals surface area contributed by atoms with Gasteiger partial charge in [0.2, 0.25) is 0 Å². The average molecular weight is 486 g/mol. The van der Waals surface area contributed by atoms with Gasteiger partial charge in [-0.3, -0.25) is 4.99 Å². The third-order valence-corrected chi connectivity index (χ3v) is 5.69. The number of hydrogen-bond acceptors (Lipinski definition) is 3. The number of halogens is 1. The Morgan fingerprint density at radius 1 is 1.19 bits per heavy atom. The number of hydrogen-bond donors (Lipinski definition) is 1. The molecule has 27 heavy (non-hydrogen) atoms. The zero-order chi connectivity index (χ0) is 18.4. The maximum Gasteiger partial charge on any atom is 0.193 e. The highest BCUT2D eigenvalue weighted by Crippen LogP contribution is 2.36. The van der Waals surface area contributed by atoms with Crippen LogP contribution in [-0.4, -0.2) is 63.1 Å². The summed E-state index contributed by atoms with van der Waals surface area (Å²) in [4.78, 5) is 9.13. The van der Waals surface area contributed by atoms with Gasteiger partial charge in [-0.25, -0.2) is 0 Å². The number of benzene rings is 1. The molecule has 1 saturated heterocycles. The van der Waals surface area contributed by atoms with Gasteiger partial charge in [0.1, 0.15) is 12.4 Å². The fourth-order valence-corrected chi connectivity index (χ4v) is 4.21. The molecule has 1 saturated carbocycles. The van der Waals surface area contributed by atoms with Crippen molar-refractivity contribution in [1.82, 2.24) is 15.1 Å². The van der Waals surface area contributed by atoms with Gasteiger partial charge in [-0.05, 0) is 44.8 Å². The molecule has 1 aromatic carbocycles. The molecule has 2 atom stereocenters. The molecule has 1 aromatic rings. The van der Waals surface area contributed by atoms with E-state index in [0.29, 0.717) is 6.61 Å². The van der Waals surface area contributed by atoms with Crippen molar-refractivity contribution in [1.29, 1.82) is 0 Å². The lowest BCUT2D eigenvalue weighted by atomic mass is 9.82. The van der Waals surface area contributed by atoms with Gasteiger partial charge in [0.15, 0.2) is 5.96 Å². The molecule has 0 spiro atoms. The van der Waals surface area contributed by atoms with Crippen LogP contribution >= 0.6 is 24.0 Å². The molecule has 2 aliphatic rings. The minimum Gasteiger partial charge on any atom is -0.492 e. The van der Waals surface area contributed by atoms with Crippen LogP contribution in [0.25, 0.3) is 0 Å². The van der Waals surface area contributed by atoms with Gasteiger partial charge in [-0.2, -0.15) is 0 Å². The molecule has 6 heteroatoms. The number of aliphatic imine (C=N–C) groups is 1. The van der Waals surface area contributed by atoms with E-state index in [1.165, 1.54) is 31.2 Å². The largest absolute Gasteiger partial charge is 0.492 e. The summed E-state index contributed by atoms with van der Waals surface area (Å²) in [5.74, 6) is 3.72. The van der Waals surface area contributed by atoms with Crippen LogP contribution in [0.4, 0.5) is 0 Å². The monoisotopic (exact) mass is 486 g/mol. The number of ether oxygens (including phenoxy) is 1. The molecule has 152 valence electrons. The first-order valence-corrected chi connectivity index (χ1v) is 9.98. The average Bonchev–Trinajstić information content (AvgIpc) is 3.07. The smallest absolute Gasteiger partial charge is 0.193 e. The van der Waals surface area contributed by atoms with Crippen LogP contribution in [-0.2, 0) is 6.54 Å². The van der Waals surface area contributed by atoms with Gasteiger partial charge >= 0.3 is 0 Å². The second-order valence-electron chi connectivity index (χ2n) is 7.87. The first-order valence-electron chi connectivity index (χ1n) is 9.98. The highest BCUT2D eigenvalue weighted by molar-refractivity contribution is 14.0. The molecule has 0 bridgehead atoms. The predicted octanol–water partition coefficient (Wildman–Crippen LogP) is 3.44. The lowest BCUT2D eigenvalue weighted by molar-refractivity contribution is 0.259. The number of fused-ring (bicyclic) bond motifs is 1. The number of nitrogens with one attached hydrogen (secondary N) is 1. The van der Waals surface area contributed by atoms with E-state index >= 15 is 0 Å². The van der Waals surface area contributed by atoms with Crippen LogP contribution in [0, 0.1) is 11.8 Å². The van der Waals surface area contributed by atoms with Crippen LogP contribution in [0.3, 0.4) is 0 Å². The molecule has 5 nitrogen and oxygen atoms in total. The molecule has 1 N–H and O–H groups in total. The minimum atomic E-state index is 0. The van der Waals surface area contributed by atoms with Crippen LogP contribution in [0.1, 0.15) is 31.2 Å². The van der Waals surface area contributed by atoms with Crippen LogP contribution in [0.5, 0.6) is 5.75 Å². The molecule has 1 heterocycles. The summed E-state index contributed by atoms with van der Waals surface area (Å²) in [5.41, 5.74) is 1.18. The summed E-state index contributed by atoms with van der Waals surface area (Å²) in [6, 6.07) is 8.30. The Hall–Kier alpha value is -1.02. The molecule has 1 aliphatic heterocycles. The van der Waals surface area contributed by atoms with Crippen molar-refractivity contribution in [2.75, 3.05) is 47.4 Å². The summed E-state index contributed by atoms with van der Waals surface area (Å²) in [5, 5.41) is 3.56. The molecule has 2 fully saturated rings. The zero-order valence-corrected chi connectivity index (χ0v) is 19.3. The lowest BCUT2D eigenvalue weighted by Gasteiger charge is -2.22. The summed E-state index contributed by atoms with van der Waals surface area (Å²) < 4.78 is 5.98. The minimum absolute atomic E-state index is 0. The zero-order valence-electron chi connectivity index (χ0n) is 17.0. The standard InChI is InChI=1S/C21H34N4O.HI/c1-22-21(25-15-18-9-4-5-10-19(18)16-25)23-14-17-8-6-7-11-20(17)26-13-12-24(2)3;/h6-8,11,18-19H,4-5,9-10,12-16H2,1-3H3,(H,22,23);1H. The fraction of sp³-hybridized carbons (Fsp3) is 0.667. The van der Waals surface area contributed by atoms with Crippen LogP contribution < -0.4 is 10.1 Å². The van der Waals surface area contributed by atoms with Crippen molar-refractivity contribution in [3.8, 4) is 5.75 Å². The van der Waals surface area contributed by atoms with E-state index in [2.05, 4.69) is 52.4 Å². The normalized spacial score (nSPS) is 22.4. The second-order valence-corrected chi connectivity index (χ2v) is 7.87. The van der Waals surface area contributed by atoms with Gasteiger partial charge in [0, 0.05) is 38.8 Å². The number of likely N-dealkylation sites (N-methyl/N-ethyl adjacent to an activating group) is 1. The van der Waals surface area contributed by atoms with E-state index in [1.54, 1.807) is 0 Å². The molecule has 3 rings (SSSR count). The summed E-state index contributed by atoms with van der Waals surface area (Å²) >= 11 is 0. The third kappa shape index (κ3) is 6.24. The van der Waals surface area contributed by atoms with E-state index in [9.17, 15) is 0 Å². The van der Waals surface area contributed by atoms with Crippen molar-refractivity contribution in [3.63, 3.8) is 0 Å². The van der Waals surface area contributed by atoms with Gasteiger partial charge in [0.05, 0.1) is 0 Å². The van der Waals surface area contributed by atoms with Gasteiger partial charge < -0.3 is 19.9 Å². The SMILES string of the molecule is CN=C(NCc1ccccc1OCCN(C)C)N1CC2CCCCC2C1.I. The number of likely N-dealkylation sites (tertiary alicyclic amines) is 1. The topological polar surface area (TPSA) is 40.1 Å². The maximum absolute atomic E-state index is 5.98. The number of para-hydroxylation sites is 1. The van der Waals surface area contributed by atoms with E-state index in [0.717, 1.165) is 49.7 Å². The quantitative estimate of drug-likeness (QED) is 0.380. The predicted molar refractivity (Wildman–Crippen MR) is 123 cm³/mol. The van der Waals surface area contributed by atoms with E-state index in [-0.39, 0.29) is 24.0 Å². The highest BCUT2D eigenvalue weighted by Gasteiger charge is 2.35. The molecular weight excluding hydrogens is 451 g/mol.